The van der Waals surface area contributed by atoms with Gasteiger partial charge in [-0.25, -0.2) is 0 Å². The Hall–Kier alpha value is -2.70. The molecule has 7 heteroatoms. The predicted molar refractivity (Wildman–Crippen MR) is 80.1 cm³/mol. The average Bonchev–Trinajstić information content (AvgIpc) is 2.84. The van der Waals surface area contributed by atoms with Crippen LogP contribution in [0, 0.1) is 6.92 Å². The second kappa shape index (κ2) is 5.25. The topological polar surface area (TPSA) is 94.1 Å². The number of amides is 1. The highest BCUT2D eigenvalue weighted by molar-refractivity contribution is 5.98. The van der Waals surface area contributed by atoms with Crippen molar-refractivity contribution in [3.8, 4) is 0 Å². The first-order chi connectivity index (χ1) is 10.5. The number of fused-ring (bicyclic) bond motifs is 1. The SMILES string of the molecule is CC(=O)N1CCc2c(cncc2C(=O)n2nc(C)cc2N)C1. The van der Waals surface area contributed by atoms with Crippen molar-refractivity contribution >= 4 is 17.6 Å². The monoisotopic (exact) mass is 299 g/mol. The molecule has 2 aromatic heterocycles. The summed E-state index contributed by atoms with van der Waals surface area (Å²) in [6, 6.07) is 1.65. The Morgan fingerprint density at radius 2 is 2.09 bits per heavy atom. The van der Waals surface area contributed by atoms with E-state index in [4.69, 9.17) is 5.73 Å². The minimum absolute atomic E-state index is 0.0225. The van der Waals surface area contributed by atoms with Crippen molar-refractivity contribution < 1.29 is 9.59 Å². The lowest BCUT2D eigenvalue weighted by Gasteiger charge is -2.28. The van der Waals surface area contributed by atoms with Gasteiger partial charge in [-0.1, -0.05) is 0 Å². The third kappa shape index (κ3) is 2.34. The highest BCUT2D eigenvalue weighted by atomic mass is 16.2. The molecule has 0 aromatic carbocycles. The molecule has 2 N–H and O–H groups in total. The molecule has 0 unspecified atom stereocenters. The van der Waals surface area contributed by atoms with Gasteiger partial charge >= 0.3 is 0 Å². The number of aryl methyl sites for hydroxylation is 1. The van der Waals surface area contributed by atoms with Crippen LogP contribution >= 0.6 is 0 Å². The smallest absolute Gasteiger partial charge is 0.281 e. The number of hydrogen-bond donors (Lipinski definition) is 1. The van der Waals surface area contributed by atoms with Crippen LogP contribution in [0.4, 0.5) is 5.82 Å². The van der Waals surface area contributed by atoms with E-state index in [9.17, 15) is 9.59 Å². The van der Waals surface area contributed by atoms with Gasteiger partial charge in [-0.15, -0.1) is 0 Å². The number of carbonyl (C=O) groups excluding carboxylic acids is 2. The molecule has 3 heterocycles. The summed E-state index contributed by atoms with van der Waals surface area (Å²) < 4.78 is 1.20. The molecule has 0 fully saturated rings. The summed E-state index contributed by atoms with van der Waals surface area (Å²) in [5, 5.41) is 4.13. The zero-order chi connectivity index (χ0) is 15.9. The highest BCUT2D eigenvalue weighted by Crippen LogP contribution is 2.23. The summed E-state index contributed by atoms with van der Waals surface area (Å²) in [5.41, 5.74) is 8.83. The maximum absolute atomic E-state index is 12.7. The molecule has 114 valence electrons. The van der Waals surface area contributed by atoms with E-state index in [1.165, 1.54) is 4.68 Å². The fraction of sp³-hybridized carbons (Fsp3) is 0.333. The van der Waals surface area contributed by atoms with Crippen molar-refractivity contribution in [2.45, 2.75) is 26.8 Å². The zero-order valence-corrected chi connectivity index (χ0v) is 12.5. The number of rotatable bonds is 1. The molecule has 1 aliphatic rings. The van der Waals surface area contributed by atoms with E-state index in [1.54, 1.807) is 37.2 Å². The molecular formula is C15H17N5O2. The first-order valence-corrected chi connectivity index (χ1v) is 7.05. The number of nitrogens with zero attached hydrogens (tertiary/aromatic N) is 4. The number of nitrogen functional groups attached to an aromatic ring is 1. The molecular weight excluding hydrogens is 282 g/mol. The quantitative estimate of drug-likeness (QED) is 0.839. The van der Waals surface area contributed by atoms with Crippen molar-refractivity contribution in [1.29, 1.82) is 0 Å². The standard InChI is InChI=1S/C15H17N5O2/c1-9-5-14(16)20(18-9)15(22)13-7-17-6-11-8-19(10(2)21)4-3-12(11)13/h5-7H,3-4,8,16H2,1-2H3. The van der Waals surface area contributed by atoms with Crippen molar-refractivity contribution in [2.75, 3.05) is 12.3 Å². The first kappa shape index (κ1) is 14.2. The third-order valence-corrected chi connectivity index (χ3v) is 3.87. The number of pyridine rings is 1. The Morgan fingerprint density at radius 1 is 1.32 bits per heavy atom. The fourth-order valence-electron chi connectivity index (χ4n) is 2.74. The van der Waals surface area contributed by atoms with Crippen LogP contribution < -0.4 is 5.73 Å². The Bertz CT molecular complexity index is 765. The lowest BCUT2D eigenvalue weighted by Crippen LogP contribution is -2.35. The summed E-state index contributed by atoms with van der Waals surface area (Å²) in [6.45, 7) is 4.40. The maximum atomic E-state index is 12.7. The largest absolute Gasteiger partial charge is 0.383 e. The third-order valence-electron chi connectivity index (χ3n) is 3.87. The lowest BCUT2D eigenvalue weighted by molar-refractivity contribution is -0.129. The van der Waals surface area contributed by atoms with Crippen LogP contribution in [0.3, 0.4) is 0 Å². The molecule has 1 aliphatic heterocycles. The van der Waals surface area contributed by atoms with E-state index < -0.39 is 0 Å². The molecule has 3 rings (SSSR count). The van der Waals surface area contributed by atoms with Crippen molar-refractivity contribution in [1.82, 2.24) is 19.7 Å². The molecule has 0 radical (unpaired) electrons. The van der Waals surface area contributed by atoms with Crippen LogP contribution in [-0.2, 0) is 17.8 Å². The summed E-state index contributed by atoms with van der Waals surface area (Å²) in [5.74, 6) is 0.0434. The highest BCUT2D eigenvalue weighted by Gasteiger charge is 2.25. The van der Waals surface area contributed by atoms with Crippen LogP contribution in [0.15, 0.2) is 18.5 Å². The molecule has 0 bridgehead atoms. The second-order valence-corrected chi connectivity index (χ2v) is 5.44. The molecule has 2 aromatic rings. The van der Waals surface area contributed by atoms with Gasteiger partial charge in [-0.05, 0) is 24.5 Å². The van der Waals surface area contributed by atoms with Gasteiger partial charge in [-0.3, -0.25) is 14.6 Å². The van der Waals surface area contributed by atoms with Crippen molar-refractivity contribution in [3.63, 3.8) is 0 Å². The first-order valence-electron chi connectivity index (χ1n) is 7.05. The Morgan fingerprint density at radius 3 is 2.73 bits per heavy atom. The summed E-state index contributed by atoms with van der Waals surface area (Å²) >= 11 is 0. The van der Waals surface area contributed by atoms with E-state index in [1.807, 2.05) is 0 Å². The molecule has 0 saturated carbocycles. The molecule has 7 nitrogen and oxygen atoms in total. The fourth-order valence-corrected chi connectivity index (χ4v) is 2.74. The van der Waals surface area contributed by atoms with Crippen LogP contribution in [0.2, 0.25) is 0 Å². The number of aromatic nitrogens is 3. The van der Waals surface area contributed by atoms with Gasteiger partial charge in [0.2, 0.25) is 5.91 Å². The maximum Gasteiger partial charge on any atom is 0.281 e. The normalized spacial score (nSPS) is 13.8. The van der Waals surface area contributed by atoms with Crippen LogP contribution in [0.5, 0.6) is 0 Å². The minimum Gasteiger partial charge on any atom is -0.383 e. The van der Waals surface area contributed by atoms with Crippen LogP contribution in [0.1, 0.15) is 34.1 Å². The molecule has 22 heavy (non-hydrogen) atoms. The van der Waals surface area contributed by atoms with Crippen LogP contribution in [0.25, 0.3) is 0 Å². The summed E-state index contributed by atoms with van der Waals surface area (Å²) in [6.07, 6.45) is 3.87. The van der Waals surface area contributed by atoms with Gasteiger partial charge in [0, 0.05) is 38.5 Å². The Kier molecular flexibility index (Phi) is 3.40. The Labute approximate surface area is 127 Å². The van der Waals surface area contributed by atoms with Gasteiger partial charge in [0.1, 0.15) is 5.82 Å². The van der Waals surface area contributed by atoms with E-state index in [-0.39, 0.29) is 11.8 Å². The van der Waals surface area contributed by atoms with Gasteiger partial charge in [0.05, 0.1) is 11.3 Å². The second-order valence-electron chi connectivity index (χ2n) is 5.44. The van der Waals surface area contributed by atoms with Gasteiger partial charge < -0.3 is 10.6 Å². The van der Waals surface area contributed by atoms with Crippen LogP contribution in [-0.4, -0.2) is 38.0 Å². The van der Waals surface area contributed by atoms with Gasteiger partial charge in [0.25, 0.3) is 5.91 Å². The predicted octanol–water partition coefficient (Wildman–Crippen LogP) is 0.762. The number of anilines is 1. The molecule has 0 saturated heterocycles. The number of hydrogen-bond acceptors (Lipinski definition) is 5. The zero-order valence-electron chi connectivity index (χ0n) is 12.5. The van der Waals surface area contributed by atoms with Crippen molar-refractivity contribution in [3.05, 3.63) is 40.8 Å². The van der Waals surface area contributed by atoms with Crippen molar-refractivity contribution in [2.24, 2.45) is 0 Å². The van der Waals surface area contributed by atoms with E-state index >= 15 is 0 Å². The molecule has 0 spiro atoms. The average molecular weight is 299 g/mol. The number of nitrogens with two attached hydrogens (primary N) is 1. The van der Waals surface area contributed by atoms with E-state index in [0.29, 0.717) is 36.6 Å². The van der Waals surface area contributed by atoms with Gasteiger partial charge in [-0.2, -0.15) is 9.78 Å². The molecule has 0 atom stereocenters. The van der Waals surface area contributed by atoms with Gasteiger partial charge in [0.15, 0.2) is 0 Å². The molecule has 1 amide bonds. The minimum atomic E-state index is -0.286. The van der Waals surface area contributed by atoms with E-state index in [0.717, 1.165) is 11.1 Å². The van der Waals surface area contributed by atoms with E-state index in [2.05, 4.69) is 10.1 Å². The molecule has 0 aliphatic carbocycles. The summed E-state index contributed by atoms with van der Waals surface area (Å²) in [4.78, 5) is 30.0. The summed E-state index contributed by atoms with van der Waals surface area (Å²) in [7, 11) is 0. The Balaban J connectivity index is 2.00. The number of carbonyl (C=O) groups is 2. The lowest BCUT2D eigenvalue weighted by atomic mass is 9.96.